The van der Waals surface area contributed by atoms with Crippen LogP contribution in [0.4, 0.5) is 0 Å². The molecule has 0 heterocycles. The predicted molar refractivity (Wildman–Crippen MR) is 221 cm³/mol. The molecule has 0 aliphatic rings. The molecule has 5 nitrogen and oxygen atoms in total. The van der Waals surface area contributed by atoms with Crippen LogP contribution in [0, 0.1) is 5.92 Å². The van der Waals surface area contributed by atoms with E-state index in [9.17, 15) is 9.59 Å². The minimum Gasteiger partial charge on any atom is -0.466 e. The molecule has 0 atom stereocenters. The maximum Gasteiger partial charge on any atom is 0.306 e. The molecule has 0 bridgehead atoms. The Morgan fingerprint density at radius 1 is 0.412 bits per heavy atom. The van der Waals surface area contributed by atoms with Crippen LogP contribution in [0.2, 0.25) is 0 Å². The van der Waals surface area contributed by atoms with Gasteiger partial charge in [0.15, 0.2) is 0 Å². The fourth-order valence-electron chi connectivity index (χ4n) is 7.28. The van der Waals surface area contributed by atoms with Crippen LogP contribution in [-0.2, 0) is 19.1 Å². The lowest BCUT2D eigenvalue weighted by Gasteiger charge is -2.22. The smallest absolute Gasteiger partial charge is 0.306 e. The number of hydrogen-bond donors (Lipinski definition) is 0. The Morgan fingerprint density at radius 2 is 0.824 bits per heavy atom. The van der Waals surface area contributed by atoms with Gasteiger partial charge in [-0.05, 0) is 89.8 Å². The van der Waals surface area contributed by atoms with Crippen LogP contribution in [0.5, 0.6) is 0 Å². The van der Waals surface area contributed by atoms with Gasteiger partial charge in [0.05, 0.1) is 6.61 Å². The van der Waals surface area contributed by atoms with E-state index in [1.165, 1.54) is 174 Å². The molecule has 0 saturated heterocycles. The highest BCUT2D eigenvalue weighted by molar-refractivity contribution is 5.69. The number of unbranched alkanes of at least 4 members (excludes halogenated alkanes) is 19. The zero-order chi connectivity index (χ0) is 37.5. The number of nitrogens with zero attached hydrogens (tertiary/aromatic N) is 1. The number of ether oxygens (including phenoxy) is 2. The fraction of sp³-hybridized carbons (Fsp3) is 0.957. The summed E-state index contributed by atoms with van der Waals surface area (Å²) in [7, 11) is 0. The third-order valence-corrected chi connectivity index (χ3v) is 10.8. The molecular formula is C46H91NO4. The van der Waals surface area contributed by atoms with Gasteiger partial charge in [-0.3, -0.25) is 9.59 Å². The molecule has 0 amide bonds. The summed E-state index contributed by atoms with van der Waals surface area (Å²) in [6.07, 6.45) is 39.0. The topological polar surface area (TPSA) is 55.8 Å². The molecule has 0 aliphatic carbocycles. The molecule has 0 rings (SSSR count). The second-order valence-corrected chi connectivity index (χ2v) is 15.9. The van der Waals surface area contributed by atoms with Crippen molar-refractivity contribution in [2.75, 3.05) is 26.2 Å². The highest BCUT2D eigenvalue weighted by Crippen LogP contribution is 2.21. The van der Waals surface area contributed by atoms with Crippen LogP contribution in [0.25, 0.3) is 0 Å². The highest BCUT2D eigenvalue weighted by atomic mass is 16.5. The number of hydrogen-bond acceptors (Lipinski definition) is 5. The van der Waals surface area contributed by atoms with Crippen molar-refractivity contribution < 1.29 is 19.1 Å². The van der Waals surface area contributed by atoms with E-state index in [2.05, 4.69) is 39.5 Å². The Hall–Kier alpha value is -1.10. The van der Waals surface area contributed by atoms with Crippen LogP contribution in [0.15, 0.2) is 0 Å². The molecule has 0 aliphatic heterocycles. The number of esters is 2. The molecule has 0 aromatic heterocycles. The molecule has 0 N–H and O–H groups in total. The van der Waals surface area contributed by atoms with Gasteiger partial charge in [0.25, 0.3) is 0 Å². The van der Waals surface area contributed by atoms with Crippen LogP contribution < -0.4 is 0 Å². The minimum atomic E-state index is 0.00559. The van der Waals surface area contributed by atoms with Gasteiger partial charge in [-0.15, -0.1) is 0 Å². The van der Waals surface area contributed by atoms with Gasteiger partial charge in [-0.1, -0.05) is 169 Å². The SMILES string of the molecule is CCCCCCCC(CCCCCCC)OC(=O)CCCCCCCN(CCCC)CCCCCCCC(=O)OCCC(CCCC)CCCC. The van der Waals surface area contributed by atoms with E-state index < -0.39 is 0 Å². The van der Waals surface area contributed by atoms with E-state index in [0.29, 0.717) is 19.4 Å². The summed E-state index contributed by atoms with van der Waals surface area (Å²) in [4.78, 5) is 27.6. The van der Waals surface area contributed by atoms with Crippen molar-refractivity contribution in [1.29, 1.82) is 0 Å². The summed E-state index contributed by atoms with van der Waals surface area (Å²) < 4.78 is 11.6. The number of carbonyl (C=O) groups is 2. The molecule has 0 fully saturated rings. The molecule has 0 aromatic carbocycles. The lowest BCUT2D eigenvalue weighted by molar-refractivity contribution is -0.150. The average molecular weight is 722 g/mol. The normalized spacial score (nSPS) is 11.7. The van der Waals surface area contributed by atoms with E-state index >= 15 is 0 Å². The van der Waals surface area contributed by atoms with Crippen molar-refractivity contribution in [1.82, 2.24) is 4.90 Å². The Bertz CT molecular complexity index is 706. The summed E-state index contributed by atoms with van der Waals surface area (Å²) in [6.45, 7) is 15.5. The van der Waals surface area contributed by atoms with Gasteiger partial charge in [0, 0.05) is 12.8 Å². The first-order valence-corrected chi connectivity index (χ1v) is 23.1. The number of carbonyl (C=O) groups excluding carboxylic acids is 2. The first-order valence-electron chi connectivity index (χ1n) is 23.1. The van der Waals surface area contributed by atoms with Gasteiger partial charge in [-0.25, -0.2) is 0 Å². The summed E-state index contributed by atoms with van der Waals surface area (Å²) >= 11 is 0. The van der Waals surface area contributed by atoms with Crippen molar-refractivity contribution in [3.63, 3.8) is 0 Å². The van der Waals surface area contributed by atoms with Crippen molar-refractivity contribution in [3.05, 3.63) is 0 Å². The van der Waals surface area contributed by atoms with E-state index in [4.69, 9.17) is 9.47 Å². The zero-order valence-electron chi connectivity index (χ0n) is 35.4. The number of rotatable bonds is 41. The third kappa shape index (κ3) is 35.7. The van der Waals surface area contributed by atoms with E-state index in [-0.39, 0.29) is 18.0 Å². The largest absolute Gasteiger partial charge is 0.466 e. The Kier molecular flexibility index (Phi) is 39.2. The summed E-state index contributed by atoms with van der Waals surface area (Å²) in [6, 6.07) is 0. The van der Waals surface area contributed by atoms with Crippen molar-refractivity contribution in [2.45, 2.75) is 253 Å². The quantitative estimate of drug-likeness (QED) is 0.0465. The molecule has 51 heavy (non-hydrogen) atoms. The molecule has 5 heteroatoms. The predicted octanol–water partition coefficient (Wildman–Crippen LogP) is 14.3. The Balaban J connectivity index is 4.08. The molecule has 304 valence electrons. The maximum atomic E-state index is 12.7. The molecule has 0 unspecified atom stereocenters. The maximum absolute atomic E-state index is 12.7. The van der Waals surface area contributed by atoms with Gasteiger partial charge >= 0.3 is 11.9 Å². The van der Waals surface area contributed by atoms with Gasteiger partial charge in [0.1, 0.15) is 6.10 Å². The third-order valence-electron chi connectivity index (χ3n) is 10.8. The van der Waals surface area contributed by atoms with Crippen molar-refractivity contribution in [3.8, 4) is 0 Å². The van der Waals surface area contributed by atoms with Gasteiger partial charge in [-0.2, -0.15) is 0 Å². The molecule has 0 spiro atoms. The van der Waals surface area contributed by atoms with Gasteiger partial charge in [0.2, 0.25) is 0 Å². The molecular weight excluding hydrogens is 631 g/mol. The van der Waals surface area contributed by atoms with Crippen LogP contribution in [0.1, 0.15) is 247 Å². The monoisotopic (exact) mass is 722 g/mol. The summed E-state index contributed by atoms with van der Waals surface area (Å²) in [5.74, 6) is 0.766. The summed E-state index contributed by atoms with van der Waals surface area (Å²) in [5.41, 5.74) is 0. The molecule has 0 saturated carbocycles. The minimum absolute atomic E-state index is 0.00559. The van der Waals surface area contributed by atoms with E-state index in [1.807, 2.05) is 0 Å². The lowest BCUT2D eigenvalue weighted by Crippen LogP contribution is -2.27. The van der Waals surface area contributed by atoms with E-state index in [1.54, 1.807) is 0 Å². The first-order chi connectivity index (χ1) is 25.0. The van der Waals surface area contributed by atoms with E-state index in [0.717, 1.165) is 50.9 Å². The molecule has 0 aromatic rings. The zero-order valence-corrected chi connectivity index (χ0v) is 35.4. The standard InChI is InChI=1S/C46H91NO4/c1-6-11-16-20-26-34-44(35-27-21-17-12-7-2)51-46(49)37-29-23-19-25-31-41-47(39-15-10-5)40-30-24-18-22-28-36-45(48)50-42-38-43(32-13-8-3)33-14-9-4/h43-44H,6-42H2,1-5H3. The fourth-order valence-corrected chi connectivity index (χ4v) is 7.28. The second kappa shape index (κ2) is 40.1. The van der Waals surface area contributed by atoms with Crippen LogP contribution >= 0.6 is 0 Å². The van der Waals surface area contributed by atoms with Crippen molar-refractivity contribution >= 4 is 11.9 Å². The Morgan fingerprint density at radius 3 is 1.33 bits per heavy atom. The first kappa shape index (κ1) is 49.9. The lowest BCUT2D eigenvalue weighted by atomic mass is 9.93. The van der Waals surface area contributed by atoms with Crippen LogP contribution in [-0.4, -0.2) is 49.2 Å². The molecule has 0 radical (unpaired) electrons. The Labute approximate surface area is 319 Å². The second-order valence-electron chi connectivity index (χ2n) is 15.9. The average Bonchev–Trinajstić information content (AvgIpc) is 3.13. The van der Waals surface area contributed by atoms with Crippen molar-refractivity contribution in [2.24, 2.45) is 5.92 Å². The van der Waals surface area contributed by atoms with Gasteiger partial charge < -0.3 is 14.4 Å². The van der Waals surface area contributed by atoms with Crippen LogP contribution in [0.3, 0.4) is 0 Å². The highest BCUT2D eigenvalue weighted by Gasteiger charge is 2.15. The summed E-state index contributed by atoms with van der Waals surface area (Å²) in [5, 5.41) is 0.